The predicted molar refractivity (Wildman–Crippen MR) is 170 cm³/mol. The van der Waals surface area contributed by atoms with Crippen molar-refractivity contribution in [2.24, 2.45) is 0 Å². The van der Waals surface area contributed by atoms with E-state index in [4.69, 9.17) is 9.47 Å². The van der Waals surface area contributed by atoms with E-state index in [9.17, 15) is 34.8 Å². The zero-order valence-electron chi connectivity index (χ0n) is 27.7. The number of ether oxygens (including phenoxy) is 3. The summed E-state index contributed by atoms with van der Waals surface area (Å²) in [5, 5.41) is 43.1. The Hall–Kier alpha value is -2.09. The van der Waals surface area contributed by atoms with E-state index in [1.165, 1.54) is 50.5 Å². The van der Waals surface area contributed by atoms with Crippen molar-refractivity contribution in [1.82, 2.24) is 10.2 Å². The number of carbonyl (C=O) groups is 3. The second-order valence-corrected chi connectivity index (χ2v) is 11.7. The quantitative estimate of drug-likeness (QED) is 0.0565. The zero-order valence-corrected chi connectivity index (χ0v) is 27.7. The minimum atomic E-state index is -1.91. The Morgan fingerprint density at radius 2 is 1.40 bits per heavy atom. The largest absolute Gasteiger partial charge is 0.468 e. The van der Waals surface area contributed by atoms with Crippen LogP contribution in [0.25, 0.3) is 0 Å². The molecule has 12 heteroatoms. The number of hydrogen-bond acceptors (Lipinski definition) is 10. The minimum Gasteiger partial charge on any atom is -0.468 e. The molecule has 1 heterocycles. The molecule has 0 aliphatic carbocycles. The maximum absolute atomic E-state index is 13.7. The van der Waals surface area contributed by atoms with Gasteiger partial charge in [0.15, 0.2) is 12.4 Å². The van der Waals surface area contributed by atoms with Gasteiger partial charge in [-0.15, -0.1) is 0 Å². The average Bonchev–Trinajstić information content (AvgIpc) is 3.04. The Balaban J connectivity index is 2.77. The van der Waals surface area contributed by atoms with Gasteiger partial charge in [-0.1, -0.05) is 83.8 Å². The minimum absolute atomic E-state index is 0.0401. The third kappa shape index (κ3) is 16.3. The lowest BCUT2D eigenvalue weighted by atomic mass is 9.96. The number of unbranched alkanes of at least 4 members (excludes halogenated alkanes) is 11. The number of methoxy groups -OCH3 is 1. The number of nitrogens with zero attached hydrogens (tertiary/aromatic N) is 1. The van der Waals surface area contributed by atoms with Crippen molar-refractivity contribution >= 4 is 17.8 Å². The van der Waals surface area contributed by atoms with Crippen LogP contribution in [0.1, 0.15) is 110 Å². The second-order valence-electron chi connectivity index (χ2n) is 11.7. The maximum Gasteiger partial charge on any atom is 0.325 e. The number of carbonyl (C=O) groups excluding carboxylic acids is 3. The van der Waals surface area contributed by atoms with Gasteiger partial charge in [0, 0.05) is 13.2 Å². The van der Waals surface area contributed by atoms with Crippen LogP contribution in [0.15, 0.2) is 12.2 Å². The first-order chi connectivity index (χ1) is 21.7. The normalized spacial score (nSPS) is 22.3. The summed E-state index contributed by atoms with van der Waals surface area (Å²) in [7, 11) is 1.20. The summed E-state index contributed by atoms with van der Waals surface area (Å²) in [5.41, 5.74) is 0. The first-order valence-electron chi connectivity index (χ1n) is 16.9. The van der Waals surface area contributed by atoms with Gasteiger partial charge in [-0.3, -0.25) is 14.4 Å². The molecular formula is C33H60N2O10. The van der Waals surface area contributed by atoms with Gasteiger partial charge in [0.1, 0.15) is 30.9 Å². The van der Waals surface area contributed by atoms with Crippen LogP contribution in [0.4, 0.5) is 0 Å². The zero-order chi connectivity index (χ0) is 33.5. The Morgan fingerprint density at radius 1 is 0.800 bits per heavy atom. The maximum atomic E-state index is 13.7. The van der Waals surface area contributed by atoms with E-state index in [2.05, 4.69) is 29.1 Å². The predicted octanol–water partition coefficient (Wildman–Crippen LogP) is 2.74. The standard InChI is InChI=1S/C33H60N2O10/c1-4-6-7-8-9-10-11-12-13-14-15-16-17-18-19-20-25(31(40)34-24-26(36)43-3)35(21-23-44-22-5-2)32(41)30-28(38)27(37)29(39)33(42)45-30/h12-13,25,27-30,33,37-39,42H,4-11,14-24H2,1-3H3,(H,34,40)/b13-12-/t25?,27-,28+,29?,30?,33-/m1/s1. The van der Waals surface area contributed by atoms with Crippen LogP contribution in [-0.2, 0) is 28.6 Å². The Kier molecular flexibility index (Phi) is 22.8. The van der Waals surface area contributed by atoms with Crippen molar-refractivity contribution in [2.75, 3.05) is 33.4 Å². The first-order valence-corrected chi connectivity index (χ1v) is 16.9. The number of allylic oxidation sites excluding steroid dienone is 2. The summed E-state index contributed by atoms with van der Waals surface area (Å²) in [6.07, 6.45) is 10.9. The molecule has 0 radical (unpaired) electrons. The Labute approximate surface area is 269 Å². The first kappa shape index (κ1) is 40.9. The smallest absolute Gasteiger partial charge is 0.325 e. The Bertz CT molecular complexity index is 842. The SMILES string of the molecule is CCCCCCCC/C=C\CCCCCCCC(C(=O)NCC(=O)OC)N(CCOCCC)C(=O)C1O[C@@H](O)C(O)[C@H](O)[C@@H]1O. The van der Waals surface area contributed by atoms with Gasteiger partial charge in [-0.05, 0) is 38.5 Å². The number of esters is 1. The van der Waals surface area contributed by atoms with Crippen molar-refractivity contribution in [3.05, 3.63) is 12.2 Å². The lowest BCUT2D eigenvalue weighted by Gasteiger charge is -2.41. The third-order valence-corrected chi connectivity index (χ3v) is 7.99. The highest BCUT2D eigenvalue weighted by Gasteiger charge is 2.48. The molecule has 0 saturated carbocycles. The summed E-state index contributed by atoms with van der Waals surface area (Å²) < 4.78 is 15.4. The van der Waals surface area contributed by atoms with E-state index in [1.54, 1.807) is 0 Å². The molecule has 1 saturated heterocycles. The van der Waals surface area contributed by atoms with Crippen LogP contribution in [0.3, 0.4) is 0 Å². The highest BCUT2D eigenvalue weighted by molar-refractivity contribution is 5.91. The molecule has 0 aromatic heterocycles. The van der Waals surface area contributed by atoms with Gasteiger partial charge in [0.2, 0.25) is 5.91 Å². The molecule has 6 atom stereocenters. The van der Waals surface area contributed by atoms with E-state index in [-0.39, 0.29) is 19.6 Å². The van der Waals surface area contributed by atoms with Gasteiger partial charge in [0.05, 0.1) is 13.7 Å². The van der Waals surface area contributed by atoms with Crippen molar-refractivity contribution in [1.29, 1.82) is 0 Å². The fourth-order valence-corrected chi connectivity index (χ4v) is 5.24. The lowest BCUT2D eigenvalue weighted by molar-refractivity contribution is -0.278. The van der Waals surface area contributed by atoms with Crippen LogP contribution in [0, 0.1) is 0 Å². The molecule has 45 heavy (non-hydrogen) atoms. The van der Waals surface area contributed by atoms with E-state index >= 15 is 0 Å². The second kappa shape index (κ2) is 25.1. The van der Waals surface area contributed by atoms with E-state index < -0.39 is 61.1 Å². The number of aliphatic hydroxyl groups is 4. The van der Waals surface area contributed by atoms with Crippen LogP contribution in [0.2, 0.25) is 0 Å². The summed E-state index contributed by atoms with van der Waals surface area (Å²) in [6.45, 7) is 4.25. The van der Waals surface area contributed by atoms with Crippen LogP contribution >= 0.6 is 0 Å². The molecule has 1 aliphatic rings. The van der Waals surface area contributed by atoms with Gasteiger partial charge < -0.3 is 44.9 Å². The van der Waals surface area contributed by atoms with E-state index in [0.717, 1.165) is 44.9 Å². The highest BCUT2D eigenvalue weighted by atomic mass is 16.6. The summed E-state index contributed by atoms with van der Waals surface area (Å²) in [5.74, 6) is -2.09. The van der Waals surface area contributed by atoms with Gasteiger partial charge in [-0.2, -0.15) is 0 Å². The highest BCUT2D eigenvalue weighted by Crippen LogP contribution is 2.24. The number of nitrogens with one attached hydrogen (secondary N) is 1. The summed E-state index contributed by atoms with van der Waals surface area (Å²) in [6, 6.07) is -1.05. The van der Waals surface area contributed by atoms with Crippen molar-refractivity contribution in [3.63, 3.8) is 0 Å². The molecule has 1 fully saturated rings. The van der Waals surface area contributed by atoms with Crippen molar-refractivity contribution in [3.8, 4) is 0 Å². The topological polar surface area (TPSA) is 175 Å². The number of amides is 2. The monoisotopic (exact) mass is 644 g/mol. The van der Waals surface area contributed by atoms with E-state index in [0.29, 0.717) is 13.0 Å². The number of hydrogen-bond donors (Lipinski definition) is 5. The van der Waals surface area contributed by atoms with Gasteiger partial charge in [0.25, 0.3) is 5.91 Å². The number of aliphatic hydroxyl groups excluding tert-OH is 4. The fourth-order valence-electron chi connectivity index (χ4n) is 5.24. The molecule has 5 N–H and O–H groups in total. The molecule has 1 aliphatic heterocycles. The van der Waals surface area contributed by atoms with Crippen LogP contribution < -0.4 is 5.32 Å². The van der Waals surface area contributed by atoms with Crippen LogP contribution in [-0.4, -0.2) is 113 Å². The average molecular weight is 645 g/mol. The van der Waals surface area contributed by atoms with Crippen molar-refractivity contribution < 1.29 is 49.0 Å². The molecule has 262 valence electrons. The molecule has 0 spiro atoms. The van der Waals surface area contributed by atoms with Gasteiger partial charge >= 0.3 is 5.97 Å². The fraction of sp³-hybridized carbons (Fsp3) is 0.848. The van der Waals surface area contributed by atoms with Gasteiger partial charge in [-0.25, -0.2) is 0 Å². The third-order valence-electron chi connectivity index (χ3n) is 7.99. The molecular weight excluding hydrogens is 584 g/mol. The lowest BCUT2D eigenvalue weighted by Crippen LogP contribution is -2.64. The summed E-state index contributed by atoms with van der Waals surface area (Å²) >= 11 is 0. The molecule has 0 aromatic carbocycles. The molecule has 0 bridgehead atoms. The molecule has 2 amide bonds. The van der Waals surface area contributed by atoms with Crippen LogP contribution in [0.5, 0.6) is 0 Å². The Morgan fingerprint density at radius 3 is 2.00 bits per heavy atom. The molecule has 1 rings (SSSR count). The number of rotatable bonds is 25. The molecule has 3 unspecified atom stereocenters. The van der Waals surface area contributed by atoms with Crippen molar-refractivity contribution in [2.45, 2.75) is 147 Å². The van der Waals surface area contributed by atoms with E-state index in [1.807, 2.05) is 6.92 Å². The summed E-state index contributed by atoms with van der Waals surface area (Å²) in [4.78, 5) is 39.9. The molecule has 0 aromatic rings. The molecule has 12 nitrogen and oxygen atoms in total.